The van der Waals surface area contributed by atoms with E-state index >= 15 is 0 Å². The molecule has 0 saturated carbocycles. The van der Waals surface area contributed by atoms with Crippen molar-refractivity contribution in [2.24, 2.45) is 0 Å². The number of para-hydroxylation sites is 1. The van der Waals surface area contributed by atoms with Gasteiger partial charge < -0.3 is 25.5 Å². The summed E-state index contributed by atoms with van der Waals surface area (Å²) in [6.45, 7) is 1.92. The highest BCUT2D eigenvalue weighted by Crippen LogP contribution is 2.29. The summed E-state index contributed by atoms with van der Waals surface area (Å²) in [5.41, 5.74) is 6.20. The Kier molecular flexibility index (Phi) is 7.44. The van der Waals surface area contributed by atoms with E-state index in [0.29, 0.717) is 54.0 Å². The molecule has 3 aromatic rings. The van der Waals surface area contributed by atoms with Crippen LogP contribution in [-0.4, -0.2) is 66.4 Å². The molecule has 4 rings (SSSR count). The molecule has 1 saturated heterocycles. The lowest BCUT2D eigenvalue weighted by atomic mass is 10.0. The zero-order chi connectivity index (χ0) is 25.1. The summed E-state index contributed by atoms with van der Waals surface area (Å²) in [4.78, 5) is 43.0. The van der Waals surface area contributed by atoms with Gasteiger partial charge >= 0.3 is 5.69 Å². The molecule has 2 atom stereocenters. The third-order valence-electron chi connectivity index (χ3n) is 6.36. The molecule has 0 bridgehead atoms. The zero-order valence-electron chi connectivity index (χ0n) is 19.5. The van der Waals surface area contributed by atoms with E-state index in [9.17, 15) is 14.4 Å². The van der Waals surface area contributed by atoms with Crippen LogP contribution in [0.25, 0.3) is 10.9 Å². The average molecular weight is 502 g/mol. The van der Waals surface area contributed by atoms with Crippen molar-refractivity contribution in [3.05, 3.63) is 67.8 Å². The van der Waals surface area contributed by atoms with Crippen molar-refractivity contribution in [3.8, 4) is 5.75 Å². The van der Waals surface area contributed by atoms with Gasteiger partial charge in [-0.1, -0.05) is 23.7 Å². The van der Waals surface area contributed by atoms with Crippen LogP contribution in [0.5, 0.6) is 5.75 Å². The molecule has 186 valence electrons. The minimum absolute atomic E-state index is 0.239. The number of nitrogens with one attached hydrogen (secondary N) is 2. The number of likely N-dealkylation sites (tertiary alicyclic amines) is 1. The van der Waals surface area contributed by atoms with Crippen LogP contribution >= 0.6 is 11.6 Å². The van der Waals surface area contributed by atoms with Gasteiger partial charge in [0, 0.05) is 39.4 Å². The van der Waals surface area contributed by atoms with Crippen LogP contribution in [0.2, 0.25) is 5.02 Å². The van der Waals surface area contributed by atoms with Gasteiger partial charge in [-0.3, -0.25) is 19.1 Å². The van der Waals surface area contributed by atoms with Crippen LogP contribution in [0.4, 0.5) is 5.69 Å². The largest absolute Gasteiger partial charge is 0.496 e. The van der Waals surface area contributed by atoms with E-state index in [2.05, 4.69) is 15.2 Å². The molecule has 35 heavy (non-hydrogen) atoms. The third kappa shape index (κ3) is 5.19. The lowest BCUT2D eigenvalue weighted by Crippen LogP contribution is -2.55. The number of nitrogen functional groups attached to an aromatic ring is 1. The molecule has 11 heteroatoms. The van der Waals surface area contributed by atoms with E-state index < -0.39 is 5.69 Å². The van der Waals surface area contributed by atoms with Crippen LogP contribution in [-0.2, 0) is 11.3 Å². The molecular formula is C24H28ClN5O5. The zero-order valence-corrected chi connectivity index (χ0v) is 20.3. The van der Waals surface area contributed by atoms with Crippen molar-refractivity contribution >= 4 is 34.1 Å². The number of carbonyl (C=O) groups excluding carboxylic acids is 1. The quantitative estimate of drug-likeness (QED) is 0.417. The number of H-pyrrole nitrogens is 1. The van der Waals surface area contributed by atoms with E-state index in [4.69, 9.17) is 26.8 Å². The summed E-state index contributed by atoms with van der Waals surface area (Å²) in [7, 11) is 3.05. The number of aromatic amines is 1. The summed E-state index contributed by atoms with van der Waals surface area (Å²) in [5, 5.41) is 3.75. The summed E-state index contributed by atoms with van der Waals surface area (Å²) >= 11 is 6.10. The molecule has 1 aliphatic heterocycles. The molecule has 1 fully saturated rings. The van der Waals surface area contributed by atoms with Gasteiger partial charge in [-0.25, -0.2) is 4.79 Å². The Morgan fingerprint density at radius 2 is 2.00 bits per heavy atom. The first kappa shape index (κ1) is 24.8. The second-order valence-electron chi connectivity index (χ2n) is 8.45. The number of piperidine rings is 1. The van der Waals surface area contributed by atoms with E-state index in [1.54, 1.807) is 31.4 Å². The number of aromatic nitrogens is 2. The minimum atomic E-state index is -0.435. The van der Waals surface area contributed by atoms with E-state index in [1.807, 2.05) is 0 Å². The molecule has 2 aromatic carbocycles. The topological polar surface area (TPSA) is 132 Å². The van der Waals surface area contributed by atoms with Crippen LogP contribution in [0, 0.1) is 0 Å². The van der Waals surface area contributed by atoms with Gasteiger partial charge in [0.15, 0.2) is 0 Å². The second-order valence-corrected chi connectivity index (χ2v) is 8.86. The smallest absolute Gasteiger partial charge is 0.328 e. The van der Waals surface area contributed by atoms with Crippen molar-refractivity contribution in [1.29, 1.82) is 0 Å². The van der Waals surface area contributed by atoms with Crippen molar-refractivity contribution in [2.75, 3.05) is 39.6 Å². The van der Waals surface area contributed by atoms with E-state index in [-0.39, 0.29) is 35.2 Å². The van der Waals surface area contributed by atoms with Gasteiger partial charge in [-0.15, -0.1) is 0 Å². The number of carbonyl (C=O) groups is 1. The minimum Gasteiger partial charge on any atom is -0.496 e. The Hall–Kier alpha value is -3.34. The summed E-state index contributed by atoms with van der Waals surface area (Å²) in [6, 6.07) is 9.71. The fourth-order valence-electron chi connectivity index (χ4n) is 4.39. The molecular weight excluding hydrogens is 474 g/mol. The Balaban J connectivity index is 1.42. The Labute approximate surface area is 206 Å². The van der Waals surface area contributed by atoms with E-state index in [1.165, 1.54) is 23.8 Å². The maximum Gasteiger partial charge on any atom is 0.328 e. The molecule has 0 aliphatic carbocycles. The maximum absolute atomic E-state index is 13.0. The van der Waals surface area contributed by atoms with Crippen LogP contribution in [0.3, 0.4) is 0 Å². The number of hydrogen-bond donors (Lipinski definition) is 3. The molecule has 1 amide bonds. The summed E-state index contributed by atoms with van der Waals surface area (Å²) in [5.74, 6) is 0.000325. The molecule has 4 N–H and O–H groups in total. The number of methoxy groups -OCH3 is 2. The normalized spacial score (nSPS) is 18.5. The van der Waals surface area contributed by atoms with Gasteiger partial charge in [0.2, 0.25) is 0 Å². The Morgan fingerprint density at radius 3 is 2.74 bits per heavy atom. The highest BCUT2D eigenvalue weighted by Gasteiger charge is 2.31. The first-order valence-electron chi connectivity index (χ1n) is 11.2. The first-order valence-corrected chi connectivity index (χ1v) is 11.6. The summed E-state index contributed by atoms with van der Waals surface area (Å²) < 4.78 is 12.2. The average Bonchev–Trinajstić information content (AvgIpc) is 2.85. The standard InChI is InChI=1S/C24H28ClN5O5/c1-34-20-12-17(26)16(25)11-15(20)22(31)27-19-7-8-29(13-21(19)35-2)9-10-30-23(32)14-5-3-4-6-18(14)28-24(30)33/h3-6,11-12,19,21H,7-10,13,26H2,1-2H3,(H,27,31)(H,28,33). The first-order chi connectivity index (χ1) is 16.8. The fraction of sp³-hybridized carbons (Fsp3) is 0.375. The number of anilines is 1. The molecule has 0 spiro atoms. The number of nitrogens with two attached hydrogens (primary N) is 1. The van der Waals surface area contributed by atoms with Gasteiger partial charge in [0.05, 0.1) is 46.4 Å². The molecule has 0 radical (unpaired) electrons. The molecule has 1 aromatic heterocycles. The second kappa shape index (κ2) is 10.5. The number of ether oxygens (including phenoxy) is 2. The van der Waals surface area contributed by atoms with Crippen molar-refractivity contribution in [1.82, 2.24) is 19.8 Å². The van der Waals surface area contributed by atoms with Crippen LogP contribution < -0.4 is 27.0 Å². The molecule has 2 unspecified atom stereocenters. The van der Waals surface area contributed by atoms with Crippen molar-refractivity contribution in [2.45, 2.75) is 25.1 Å². The van der Waals surface area contributed by atoms with Crippen molar-refractivity contribution < 1.29 is 14.3 Å². The Morgan fingerprint density at radius 1 is 1.23 bits per heavy atom. The Bertz CT molecular complexity index is 1350. The molecule has 1 aliphatic rings. The summed E-state index contributed by atoms with van der Waals surface area (Å²) in [6.07, 6.45) is 0.340. The number of halogens is 1. The van der Waals surface area contributed by atoms with Crippen LogP contribution in [0.15, 0.2) is 46.0 Å². The lowest BCUT2D eigenvalue weighted by molar-refractivity contribution is 0.00537. The van der Waals surface area contributed by atoms with Gasteiger partial charge in [0.25, 0.3) is 11.5 Å². The van der Waals surface area contributed by atoms with Crippen molar-refractivity contribution in [3.63, 3.8) is 0 Å². The predicted octanol–water partition coefficient (Wildman–Crippen LogP) is 1.45. The number of hydrogen-bond acceptors (Lipinski definition) is 7. The highest BCUT2D eigenvalue weighted by molar-refractivity contribution is 6.33. The lowest BCUT2D eigenvalue weighted by Gasteiger charge is -2.38. The number of benzene rings is 2. The van der Waals surface area contributed by atoms with Gasteiger partial charge in [-0.05, 0) is 24.6 Å². The monoisotopic (exact) mass is 501 g/mol. The van der Waals surface area contributed by atoms with Gasteiger partial charge in [0.1, 0.15) is 5.75 Å². The number of fused-ring (bicyclic) bond motifs is 1. The fourth-order valence-corrected chi connectivity index (χ4v) is 4.56. The molecule has 10 nitrogen and oxygen atoms in total. The van der Waals surface area contributed by atoms with E-state index in [0.717, 1.165) is 0 Å². The highest BCUT2D eigenvalue weighted by atomic mass is 35.5. The van der Waals surface area contributed by atoms with Gasteiger partial charge in [-0.2, -0.15) is 0 Å². The maximum atomic E-state index is 13.0. The number of nitrogens with zero attached hydrogens (tertiary/aromatic N) is 2. The third-order valence-corrected chi connectivity index (χ3v) is 6.68. The number of rotatable bonds is 7. The SMILES string of the molecule is COc1cc(N)c(Cl)cc1C(=O)NC1CCN(CCn2c(=O)[nH]c3ccccc3c2=O)CC1OC. The predicted molar refractivity (Wildman–Crippen MR) is 134 cm³/mol. The number of amides is 1. The molecule has 2 heterocycles. The van der Waals surface area contributed by atoms with Crippen LogP contribution in [0.1, 0.15) is 16.8 Å².